The molecular weight excluding hydrogens is 220 g/mol. The largest absolute Gasteiger partial charge is 0.290 e. The Morgan fingerprint density at radius 3 is 2.87 bits per heavy atom. The lowest BCUT2D eigenvalue weighted by molar-refractivity contribution is 0.387. The van der Waals surface area contributed by atoms with Gasteiger partial charge in [0.05, 0.1) is 10.5 Å². The molecule has 0 atom stereocenters. The second-order valence-electron chi connectivity index (χ2n) is 2.75. The van der Waals surface area contributed by atoms with Crippen LogP contribution in [0.1, 0.15) is 0 Å². The minimum Gasteiger partial charge on any atom is -0.290 e. The van der Waals surface area contributed by atoms with E-state index in [4.69, 9.17) is 16.8 Å². The zero-order valence-corrected chi connectivity index (χ0v) is 8.06. The van der Waals surface area contributed by atoms with E-state index in [1.54, 1.807) is 0 Å². The number of nitrogens with one attached hydrogen (secondary N) is 1. The first-order chi connectivity index (χ1) is 7.26. The van der Waals surface area contributed by atoms with Crippen molar-refractivity contribution in [2.45, 2.75) is 0 Å². The lowest BCUT2D eigenvalue weighted by Gasteiger charge is -2.03. The Hall–Kier alpha value is -1.79. The van der Waals surface area contributed by atoms with Crippen LogP contribution in [0.25, 0.3) is 10.9 Å². The molecule has 0 aliphatic rings. The zero-order chi connectivity index (χ0) is 10.8. The summed E-state index contributed by atoms with van der Waals surface area (Å²) in [6, 6.07) is 2.89. The molecule has 1 aromatic heterocycles. The number of halogens is 1. The summed E-state index contributed by atoms with van der Waals surface area (Å²) in [5.74, 6) is 0.196. The number of rotatable bonds is 2. The maximum Gasteiger partial charge on any atom is 0.160 e. The van der Waals surface area contributed by atoms with Crippen LogP contribution in [0.5, 0.6) is 0 Å². The fourth-order valence-electron chi connectivity index (χ4n) is 1.23. The predicted octanol–water partition coefficient (Wildman–Crippen LogP) is 2.48. The summed E-state index contributed by atoms with van der Waals surface area (Å²) in [6.45, 7) is 0. The maximum absolute atomic E-state index is 10.4. The molecule has 0 fully saturated rings. The van der Waals surface area contributed by atoms with Gasteiger partial charge >= 0.3 is 0 Å². The van der Waals surface area contributed by atoms with Crippen molar-refractivity contribution < 1.29 is 5.21 Å². The third-order valence-corrected chi connectivity index (χ3v) is 2.21. The molecule has 0 spiro atoms. The SMILES string of the molecule is O=Nc1cc2c(NO)ncnc2cc1Cl. The van der Waals surface area contributed by atoms with Crippen LogP contribution in [-0.4, -0.2) is 15.2 Å². The van der Waals surface area contributed by atoms with Gasteiger partial charge in [0.25, 0.3) is 0 Å². The van der Waals surface area contributed by atoms with E-state index >= 15 is 0 Å². The Balaban J connectivity index is 2.81. The molecule has 0 aliphatic carbocycles. The number of aromatic nitrogens is 2. The van der Waals surface area contributed by atoms with E-state index in [2.05, 4.69) is 15.1 Å². The molecule has 7 heteroatoms. The quantitative estimate of drug-likeness (QED) is 0.604. The first-order valence-corrected chi connectivity index (χ1v) is 4.32. The molecule has 0 aliphatic heterocycles. The highest BCUT2D eigenvalue weighted by molar-refractivity contribution is 6.33. The van der Waals surface area contributed by atoms with Crippen LogP contribution < -0.4 is 5.48 Å². The summed E-state index contributed by atoms with van der Waals surface area (Å²) in [5, 5.41) is 12.2. The molecule has 0 amide bonds. The first kappa shape index (κ1) is 9.75. The number of anilines is 1. The highest BCUT2D eigenvalue weighted by Gasteiger charge is 2.08. The number of fused-ring (bicyclic) bond motifs is 1. The fraction of sp³-hybridized carbons (Fsp3) is 0. The molecule has 1 heterocycles. The van der Waals surface area contributed by atoms with E-state index in [0.717, 1.165) is 0 Å². The summed E-state index contributed by atoms with van der Waals surface area (Å²) in [7, 11) is 0. The zero-order valence-electron chi connectivity index (χ0n) is 7.31. The Kier molecular flexibility index (Phi) is 2.44. The normalized spacial score (nSPS) is 10.3. The van der Waals surface area contributed by atoms with Crippen molar-refractivity contribution in [2.24, 2.45) is 5.18 Å². The van der Waals surface area contributed by atoms with E-state index in [9.17, 15) is 4.91 Å². The molecule has 0 radical (unpaired) electrons. The van der Waals surface area contributed by atoms with Crippen molar-refractivity contribution in [2.75, 3.05) is 5.48 Å². The second kappa shape index (κ2) is 3.76. The molecule has 0 saturated heterocycles. The van der Waals surface area contributed by atoms with Crippen LogP contribution in [0, 0.1) is 4.91 Å². The number of nitroso groups, excluding NO2 is 1. The minimum atomic E-state index is 0.0791. The van der Waals surface area contributed by atoms with Crippen LogP contribution in [-0.2, 0) is 0 Å². The van der Waals surface area contributed by atoms with Gasteiger partial charge in [0.15, 0.2) is 5.82 Å². The standard InChI is InChI=1S/C8H5ClN4O2/c9-5-2-6-4(1-7(5)12-14)8(13-15)11-3-10-6/h1-3,15H,(H,10,11,13). The van der Waals surface area contributed by atoms with Crippen molar-refractivity contribution in [3.05, 3.63) is 28.4 Å². The van der Waals surface area contributed by atoms with E-state index in [-0.39, 0.29) is 16.5 Å². The van der Waals surface area contributed by atoms with Crippen molar-refractivity contribution >= 4 is 34.0 Å². The molecule has 0 saturated carbocycles. The highest BCUT2D eigenvalue weighted by Crippen LogP contribution is 2.31. The van der Waals surface area contributed by atoms with E-state index < -0.39 is 0 Å². The second-order valence-corrected chi connectivity index (χ2v) is 3.15. The van der Waals surface area contributed by atoms with Gasteiger partial charge in [-0.05, 0) is 17.3 Å². The lowest BCUT2D eigenvalue weighted by Crippen LogP contribution is -1.95. The van der Waals surface area contributed by atoms with Gasteiger partial charge in [-0.25, -0.2) is 9.97 Å². The van der Waals surface area contributed by atoms with Crippen molar-refractivity contribution in [1.82, 2.24) is 9.97 Å². The van der Waals surface area contributed by atoms with Crippen LogP contribution in [0.3, 0.4) is 0 Å². The van der Waals surface area contributed by atoms with E-state index in [0.29, 0.717) is 10.9 Å². The third-order valence-electron chi connectivity index (χ3n) is 1.91. The molecule has 2 aromatic rings. The summed E-state index contributed by atoms with van der Waals surface area (Å²) >= 11 is 5.76. The summed E-state index contributed by atoms with van der Waals surface area (Å²) in [6.07, 6.45) is 1.27. The van der Waals surface area contributed by atoms with Crippen LogP contribution in [0.4, 0.5) is 11.5 Å². The van der Waals surface area contributed by atoms with Crippen molar-refractivity contribution in [3.8, 4) is 0 Å². The first-order valence-electron chi connectivity index (χ1n) is 3.94. The third kappa shape index (κ3) is 1.60. The average Bonchev–Trinajstić information content (AvgIpc) is 2.27. The Morgan fingerprint density at radius 2 is 2.20 bits per heavy atom. The molecule has 15 heavy (non-hydrogen) atoms. The van der Waals surface area contributed by atoms with E-state index in [1.807, 2.05) is 5.48 Å². The fourth-order valence-corrected chi connectivity index (χ4v) is 1.42. The molecule has 6 nitrogen and oxygen atoms in total. The number of nitrogens with zero attached hydrogens (tertiary/aromatic N) is 3. The molecular formula is C8H5ClN4O2. The maximum atomic E-state index is 10.4. The van der Waals surface area contributed by atoms with E-state index in [1.165, 1.54) is 18.5 Å². The van der Waals surface area contributed by atoms with Crippen LogP contribution in [0.2, 0.25) is 5.02 Å². The van der Waals surface area contributed by atoms with Gasteiger partial charge in [0, 0.05) is 5.39 Å². The van der Waals surface area contributed by atoms with Gasteiger partial charge in [-0.15, -0.1) is 4.91 Å². The van der Waals surface area contributed by atoms with Gasteiger partial charge in [-0.2, -0.15) is 0 Å². The van der Waals surface area contributed by atoms with Gasteiger partial charge in [0.1, 0.15) is 12.0 Å². The Bertz CT molecular complexity index is 531. The molecule has 2 rings (SSSR count). The molecule has 1 aromatic carbocycles. The van der Waals surface area contributed by atoms with Gasteiger partial charge in [0.2, 0.25) is 0 Å². The van der Waals surface area contributed by atoms with Gasteiger partial charge in [-0.1, -0.05) is 11.6 Å². The predicted molar refractivity (Wildman–Crippen MR) is 55.4 cm³/mol. The number of benzene rings is 1. The Labute approximate surface area is 88.8 Å². The van der Waals surface area contributed by atoms with Gasteiger partial charge < -0.3 is 0 Å². The van der Waals surface area contributed by atoms with Crippen molar-refractivity contribution in [3.63, 3.8) is 0 Å². The van der Waals surface area contributed by atoms with Crippen LogP contribution in [0.15, 0.2) is 23.6 Å². The highest BCUT2D eigenvalue weighted by atomic mass is 35.5. The van der Waals surface area contributed by atoms with Crippen molar-refractivity contribution in [1.29, 1.82) is 0 Å². The Morgan fingerprint density at radius 1 is 1.40 bits per heavy atom. The lowest BCUT2D eigenvalue weighted by atomic mass is 10.2. The molecule has 0 unspecified atom stereocenters. The topological polar surface area (TPSA) is 87.5 Å². The molecule has 2 N–H and O–H groups in total. The molecule has 76 valence electrons. The number of hydrogen-bond acceptors (Lipinski definition) is 6. The molecule has 0 bridgehead atoms. The monoisotopic (exact) mass is 224 g/mol. The smallest absolute Gasteiger partial charge is 0.160 e. The minimum absolute atomic E-state index is 0.0791. The van der Waals surface area contributed by atoms with Crippen LogP contribution >= 0.6 is 11.6 Å². The number of hydrogen-bond donors (Lipinski definition) is 2. The summed E-state index contributed by atoms with van der Waals surface area (Å²) in [5.41, 5.74) is 2.49. The summed E-state index contributed by atoms with van der Waals surface area (Å²) in [4.78, 5) is 18.1. The van der Waals surface area contributed by atoms with Gasteiger partial charge in [-0.3, -0.25) is 10.7 Å². The summed E-state index contributed by atoms with van der Waals surface area (Å²) < 4.78 is 0. The average molecular weight is 225 g/mol.